The Hall–Kier alpha value is -5.37. The number of ketones is 1. The van der Waals surface area contributed by atoms with Crippen molar-refractivity contribution >= 4 is 57.5 Å². The molecule has 2 amide bonds. The van der Waals surface area contributed by atoms with Crippen LogP contribution in [0, 0.1) is 12.8 Å². The molecular weight excluding hydrogens is 672 g/mol. The lowest BCUT2D eigenvalue weighted by molar-refractivity contribution is -0.133. The summed E-state index contributed by atoms with van der Waals surface area (Å²) >= 11 is 0. The number of nitrogens with one attached hydrogen (secondary N) is 3. The molecule has 3 aromatic heterocycles. The first-order chi connectivity index (χ1) is 25.7. The van der Waals surface area contributed by atoms with E-state index in [4.69, 9.17) is 4.98 Å². The molecule has 0 bridgehead atoms. The molecule has 3 aliphatic heterocycles. The number of hydrogen-bond acceptors (Lipinski definition) is 12. The number of Topliss-reactive ketones (excluding diaryl/α,β-unsaturated/α-hetero) is 1. The monoisotopic (exact) mass is 718 g/mol. The topological polar surface area (TPSA) is 158 Å². The van der Waals surface area contributed by atoms with Crippen LogP contribution in [0.5, 0.6) is 0 Å². The summed E-state index contributed by atoms with van der Waals surface area (Å²) in [6.07, 6.45) is 8.34. The van der Waals surface area contributed by atoms with E-state index in [1.165, 1.54) is 12.6 Å². The summed E-state index contributed by atoms with van der Waals surface area (Å²) in [6.45, 7) is 10.2. The third-order valence-corrected chi connectivity index (χ3v) is 11.3. The molecule has 3 saturated heterocycles. The number of anilines is 5. The second kappa shape index (κ2) is 14.6. The number of imide groups is 1. The summed E-state index contributed by atoms with van der Waals surface area (Å²) in [7, 11) is 0. The minimum absolute atomic E-state index is 0.0232. The SMILES string of the molecule is CC(=O)c1c(C)c2cnc(Nc3ccc(N4CCN(CC5CN(c6ccc(NC7CCC(=O)NC7=O)cc6)C5)CC4)cn3)nc2n(C2CCCC2)c1=O. The number of rotatable bonds is 10. The molecule has 0 radical (unpaired) electrons. The number of aryl methyl sites for hydroxylation is 1. The van der Waals surface area contributed by atoms with Gasteiger partial charge in [0.1, 0.15) is 17.5 Å². The zero-order valence-electron chi connectivity index (χ0n) is 30.3. The summed E-state index contributed by atoms with van der Waals surface area (Å²) in [6, 6.07) is 11.8. The fourth-order valence-electron chi connectivity index (χ4n) is 8.32. The van der Waals surface area contributed by atoms with E-state index < -0.39 is 0 Å². The second-order valence-electron chi connectivity index (χ2n) is 14.9. The van der Waals surface area contributed by atoms with Crippen LogP contribution in [0.4, 0.5) is 28.8 Å². The van der Waals surface area contributed by atoms with Crippen molar-refractivity contribution in [2.24, 2.45) is 5.92 Å². The van der Waals surface area contributed by atoms with E-state index in [1.54, 1.807) is 17.7 Å². The highest BCUT2D eigenvalue weighted by atomic mass is 16.2. The van der Waals surface area contributed by atoms with Gasteiger partial charge >= 0.3 is 0 Å². The summed E-state index contributed by atoms with van der Waals surface area (Å²) in [5, 5.41) is 9.58. The Morgan fingerprint density at radius 3 is 2.30 bits per heavy atom. The molecule has 276 valence electrons. The third-order valence-electron chi connectivity index (χ3n) is 11.3. The molecule has 1 unspecified atom stereocenters. The molecule has 4 fully saturated rings. The number of hydrogen-bond donors (Lipinski definition) is 3. The smallest absolute Gasteiger partial charge is 0.263 e. The molecule has 14 heteroatoms. The van der Waals surface area contributed by atoms with Crippen molar-refractivity contribution in [3.8, 4) is 0 Å². The molecule has 3 N–H and O–H groups in total. The van der Waals surface area contributed by atoms with Crippen LogP contribution < -0.4 is 31.3 Å². The number of carbonyl (C=O) groups excluding carboxylic acids is 3. The predicted molar refractivity (Wildman–Crippen MR) is 204 cm³/mol. The van der Waals surface area contributed by atoms with E-state index in [0.717, 1.165) is 88.3 Å². The predicted octanol–water partition coefficient (Wildman–Crippen LogP) is 4.03. The molecule has 0 spiro atoms. The van der Waals surface area contributed by atoms with Gasteiger partial charge in [-0.2, -0.15) is 4.98 Å². The lowest BCUT2D eigenvalue weighted by Crippen LogP contribution is -2.55. The van der Waals surface area contributed by atoms with Crippen LogP contribution in [0.25, 0.3) is 11.0 Å². The number of fused-ring (bicyclic) bond motifs is 1. The van der Waals surface area contributed by atoms with Crippen molar-refractivity contribution in [3.63, 3.8) is 0 Å². The van der Waals surface area contributed by atoms with Gasteiger partial charge in [0.25, 0.3) is 5.56 Å². The highest BCUT2D eigenvalue weighted by Gasteiger charge is 2.31. The van der Waals surface area contributed by atoms with E-state index in [0.29, 0.717) is 41.7 Å². The Morgan fingerprint density at radius 2 is 1.62 bits per heavy atom. The Labute approximate surface area is 308 Å². The molecule has 4 aliphatic rings. The van der Waals surface area contributed by atoms with Crippen molar-refractivity contribution in [1.82, 2.24) is 29.7 Å². The Balaban J connectivity index is 0.826. The van der Waals surface area contributed by atoms with Crippen LogP contribution >= 0.6 is 0 Å². The summed E-state index contributed by atoms with van der Waals surface area (Å²) in [5.74, 6) is 0.904. The average Bonchev–Trinajstić information content (AvgIpc) is 3.66. The summed E-state index contributed by atoms with van der Waals surface area (Å²) in [5.41, 5.74) is 4.28. The molecule has 8 rings (SSSR count). The van der Waals surface area contributed by atoms with Gasteiger partial charge in [-0.15, -0.1) is 0 Å². The van der Waals surface area contributed by atoms with Gasteiger partial charge in [-0.3, -0.25) is 34.0 Å². The molecule has 1 saturated carbocycles. The number of aromatic nitrogens is 4. The number of carbonyl (C=O) groups is 3. The fourth-order valence-corrected chi connectivity index (χ4v) is 8.32. The standard InChI is InChI=1S/C39H46N10O4/c1-24-31-20-41-39(45-36(31)49(29-5-3-4-6-29)38(53)35(24)25(2)50)43-33-13-11-30(19-40-33)47-17-15-46(16-18-47)21-26-22-48(23-26)28-9-7-27(8-10-28)42-32-12-14-34(51)44-37(32)52/h7-11,13,19-20,26,29,32,42H,3-6,12,14-18,21-23H2,1-2H3,(H,44,51,52)(H,40,41,43,45). The maximum Gasteiger partial charge on any atom is 0.263 e. The zero-order valence-corrected chi connectivity index (χ0v) is 30.3. The lowest BCUT2D eigenvalue weighted by Gasteiger charge is -2.45. The highest BCUT2D eigenvalue weighted by Crippen LogP contribution is 2.32. The minimum Gasteiger partial charge on any atom is -0.374 e. The van der Waals surface area contributed by atoms with Crippen LogP contribution in [0.2, 0.25) is 0 Å². The van der Waals surface area contributed by atoms with Gasteiger partial charge in [0, 0.05) is 87.2 Å². The molecule has 1 atom stereocenters. The molecule has 53 heavy (non-hydrogen) atoms. The molecule has 14 nitrogen and oxygen atoms in total. The van der Waals surface area contributed by atoms with Crippen molar-refractivity contribution in [2.75, 3.05) is 66.2 Å². The van der Waals surface area contributed by atoms with Gasteiger partial charge < -0.3 is 20.4 Å². The van der Waals surface area contributed by atoms with E-state index >= 15 is 0 Å². The number of benzene rings is 1. The average molecular weight is 719 g/mol. The van der Waals surface area contributed by atoms with Crippen molar-refractivity contribution in [1.29, 1.82) is 0 Å². The Morgan fingerprint density at radius 1 is 0.887 bits per heavy atom. The van der Waals surface area contributed by atoms with Gasteiger partial charge in [-0.05, 0) is 75.1 Å². The molecule has 4 aromatic rings. The van der Waals surface area contributed by atoms with E-state index in [-0.39, 0.29) is 40.8 Å². The third kappa shape index (κ3) is 7.19. The van der Waals surface area contributed by atoms with Crippen LogP contribution in [0.15, 0.2) is 53.6 Å². The van der Waals surface area contributed by atoms with Gasteiger partial charge in [-0.25, -0.2) is 9.97 Å². The first kappa shape index (κ1) is 34.7. The van der Waals surface area contributed by atoms with E-state index in [9.17, 15) is 19.2 Å². The zero-order chi connectivity index (χ0) is 36.6. The fraction of sp³-hybridized carbons (Fsp3) is 0.462. The lowest BCUT2D eigenvalue weighted by atomic mass is 9.98. The van der Waals surface area contributed by atoms with Crippen molar-refractivity contribution in [3.05, 3.63) is 70.3 Å². The summed E-state index contributed by atoms with van der Waals surface area (Å²) < 4.78 is 1.72. The van der Waals surface area contributed by atoms with Gasteiger partial charge in [-0.1, -0.05) is 12.8 Å². The maximum absolute atomic E-state index is 13.5. The van der Waals surface area contributed by atoms with Crippen molar-refractivity contribution in [2.45, 2.75) is 64.5 Å². The first-order valence-electron chi connectivity index (χ1n) is 18.8. The quantitative estimate of drug-likeness (QED) is 0.160. The molecule has 6 heterocycles. The number of piperidine rings is 1. The van der Waals surface area contributed by atoms with Crippen LogP contribution in [-0.2, 0) is 9.59 Å². The van der Waals surface area contributed by atoms with Gasteiger partial charge in [0.05, 0.1) is 17.4 Å². The van der Waals surface area contributed by atoms with Crippen LogP contribution in [0.3, 0.4) is 0 Å². The Kier molecular flexibility index (Phi) is 9.54. The van der Waals surface area contributed by atoms with Gasteiger partial charge in [0.2, 0.25) is 17.8 Å². The Bertz CT molecular complexity index is 2080. The number of nitrogens with zero attached hydrogens (tertiary/aromatic N) is 7. The number of pyridine rings is 2. The maximum atomic E-state index is 13.5. The van der Waals surface area contributed by atoms with Crippen LogP contribution in [-0.4, -0.2) is 93.9 Å². The van der Waals surface area contributed by atoms with E-state index in [2.05, 4.69) is 58.8 Å². The van der Waals surface area contributed by atoms with Crippen LogP contribution in [0.1, 0.15) is 67.4 Å². The summed E-state index contributed by atoms with van der Waals surface area (Å²) in [4.78, 5) is 70.8. The first-order valence-corrected chi connectivity index (χ1v) is 18.8. The van der Waals surface area contributed by atoms with Gasteiger partial charge in [0.15, 0.2) is 5.78 Å². The van der Waals surface area contributed by atoms with Crippen molar-refractivity contribution < 1.29 is 14.4 Å². The molecule has 1 aliphatic carbocycles. The second-order valence-corrected chi connectivity index (χ2v) is 14.9. The number of piperazine rings is 1. The minimum atomic E-state index is -0.379. The number of amides is 2. The largest absolute Gasteiger partial charge is 0.374 e. The molecular formula is C39H46N10O4. The van der Waals surface area contributed by atoms with E-state index in [1.807, 2.05) is 24.4 Å². The molecule has 1 aromatic carbocycles. The highest BCUT2D eigenvalue weighted by molar-refractivity contribution is 6.01. The normalized spacial score (nSPS) is 20.1.